The lowest BCUT2D eigenvalue weighted by atomic mass is 10.00. The number of aromatic nitrogens is 1. The van der Waals surface area contributed by atoms with Crippen LogP contribution in [0.3, 0.4) is 0 Å². The van der Waals surface area contributed by atoms with Crippen molar-refractivity contribution in [1.82, 2.24) is 4.57 Å². The third kappa shape index (κ3) is 6.54. The number of hydrogen-bond acceptors (Lipinski definition) is 2. The molecule has 11 aromatic rings. The molecule has 0 amide bonds. The van der Waals surface area contributed by atoms with Crippen molar-refractivity contribution in [3.8, 4) is 44.5 Å². The fourth-order valence-corrected chi connectivity index (χ4v) is 9.58. The Morgan fingerprint density at radius 1 is 0.365 bits per heavy atom. The van der Waals surface area contributed by atoms with Crippen molar-refractivity contribution in [2.24, 2.45) is 0 Å². The second-order valence-electron chi connectivity index (χ2n) is 16.4. The summed E-state index contributed by atoms with van der Waals surface area (Å²) in [6.45, 7) is 0. The number of anilines is 3. The van der Waals surface area contributed by atoms with Gasteiger partial charge in [-0.05, 0) is 118 Å². The normalized spacial score (nSPS) is 12.4. The summed E-state index contributed by atoms with van der Waals surface area (Å²) in [5.41, 5.74) is 18.4. The second kappa shape index (κ2) is 15.4. The van der Waals surface area contributed by atoms with Crippen LogP contribution in [0.1, 0.15) is 12.8 Å². The molecule has 0 aliphatic heterocycles. The molecule has 0 saturated heterocycles. The maximum atomic E-state index is 6.59. The summed E-state index contributed by atoms with van der Waals surface area (Å²) in [6.07, 6.45) is 4.23. The Morgan fingerprint density at radius 3 is 1.37 bits per heavy atom. The van der Waals surface area contributed by atoms with Crippen LogP contribution in [0.5, 0.6) is 0 Å². The molecule has 0 atom stereocenters. The monoisotopic (exact) mass is 806 g/mol. The lowest BCUT2D eigenvalue weighted by Crippen LogP contribution is -2.28. The fraction of sp³-hybridized carbons (Fsp3) is 0.0333. The fourth-order valence-electron chi connectivity index (χ4n) is 9.58. The van der Waals surface area contributed by atoms with Crippen LogP contribution in [-0.2, 0) is 0 Å². The van der Waals surface area contributed by atoms with Gasteiger partial charge >= 0.3 is 0 Å². The second-order valence-corrected chi connectivity index (χ2v) is 16.4. The predicted molar refractivity (Wildman–Crippen MR) is 264 cm³/mol. The molecule has 0 N–H and O–H groups in total. The zero-order valence-corrected chi connectivity index (χ0v) is 34.7. The van der Waals surface area contributed by atoms with Crippen LogP contribution in [-0.4, -0.2) is 4.57 Å². The van der Waals surface area contributed by atoms with Gasteiger partial charge in [0, 0.05) is 38.4 Å². The molecule has 0 fully saturated rings. The molecule has 63 heavy (non-hydrogen) atoms. The lowest BCUT2D eigenvalue weighted by Gasteiger charge is -2.26. The minimum Gasteiger partial charge on any atom is -0.454 e. The zero-order valence-electron chi connectivity index (χ0n) is 34.7. The predicted octanol–water partition coefficient (Wildman–Crippen LogP) is 14.9. The first-order valence-electron chi connectivity index (χ1n) is 21.8. The Hall–Kier alpha value is -8.14. The summed E-state index contributed by atoms with van der Waals surface area (Å²) in [5.74, 6) is 0. The summed E-state index contributed by atoms with van der Waals surface area (Å²) in [7, 11) is 0. The molecule has 2 aromatic heterocycles. The van der Waals surface area contributed by atoms with Gasteiger partial charge in [0.15, 0.2) is 5.42 Å². The lowest BCUT2D eigenvalue weighted by molar-refractivity contribution is 0.564. The highest BCUT2D eigenvalue weighted by Crippen LogP contribution is 2.40. The largest absolute Gasteiger partial charge is 0.454 e. The van der Waals surface area contributed by atoms with Crippen LogP contribution in [0.15, 0.2) is 229 Å². The molecule has 0 spiro atoms. The average molecular weight is 807 g/mol. The van der Waals surface area contributed by atoms with E-state index in [1.165, 1.54) is 82.6 Å². The maximum Gasteiger partial charge on any atom is 0.154 e. The first-order chi connectivity index (χ1) is 31.2. The molecule has 0 bridgehead atoms. The summed E-state index contributed by atoms with van der Waals surface area (Å²) >= 11 is 0. The molecule has 298 valence electrons. The quantitative estimate of drug-likeness (QED) is 0.153. The van der Waals surface area contributed by atoms with E-state index in [1.54, 1.807) is 0 Å². The van der Waals surface area contributed by atoms with Gasteiger partial charge in [-0.15, -0.1) is 0 Å². The van der Waals surface area contributed by atoms with Gasteiger partial charge in [0.1, 0.15) is 5.58 Å². The first kappa shape index (κ1) is 36.7. The van der Waals surface area contributed by atoms with Gasteiger partial charge in [-0.2, -0.15) is 0 Å². The summed E-state index contributed by atoms with van der Waals surface area (Å²) in [6, 6.07) is 80.9. The molecule has 3 nitrogen and oxygen atoms in total. The molecule has 9 aromatic carbocycles. The van der Waals surface area contributed by atoms with Gasteiger partial charge in [-0.25, -0.2) is 0 Å². The Bertz CT molecular complexity index is 3560. The van der Waals surface area contributed by atoms with Crippen LogP contribution in [0.4, 0.5) is 17.1 Å². The number of benzene rings is 9. The van der Waals surface area contributed by atoms with Gasteiger partial charge in [-0.3, -0.25) is 0 Å². The van der Waals surface area contributed by atoms with Crippen molar-refractivity contribution < 1.29 is 4.42 Å². The minimum absolute atomic E-state index is 0.917. The van der Waals surface area contributed by atoms with Gasteiger partial charge in [0.2, 0.25) is 0 Å². The smallest absolute Gasteiger partial charge is 0.154 e. The van der Waals surface area contributed by atoms with Gasteiger partial charge in [-0.1, -0.05) is 170 Å². The van der Waals surface area contributed by atoms with Gasteiger partial charge in [0.05, 0.1) is 16.7 Å². The van der Waals surface area contributed by atoms with Crippen molar-refractivity contribution in [3.05, 3.63) is 235 Å². The molecule has 0 radical (unpaired) electrons. The highest BCUT2D eigenvalue weighted by molar-refractivity contribution is 6.11. The van der Waals surface area contributed by atoms with E-state index in [0.29, 0.717) is 0 Å². The zero-order chi connectivity index (χ0) is 41.7. The molecule has 3 heteroatoms. The standard InChI is InChI=1S/C60H42N2O/c1-3-12-41(13-4-1)43-22-24-44(25-23-43)46-28-35-50(36-29-46)61(49-33-26-45(27-34-49)42-14-5-2-6-15-42)51-37-30-47(31-38-51)48-32-39-57-55(40-48)52-16-7-9-19-56(52)62(57)58-20-11-18-54-53-17-8-10-21-59(53)63-60(54)58/h1-10,12-19,21-40H,11,20H2. The summed E-state index contributed by atoms with van der Waals surface area (Å²) < 4.78 is 9.03. The third-order valence-electron chi connectivity index (χ3n) is 12.7. The van der Waals surface area contributed by atoms with Crippen LogP contribution in [0.2, 0.25) is 0 Å². The molecule has 0 saturated carbocycles. The Balaban J connectivity index is 0.911. The molecular formula is C60H42N2O. The van der Waals surface area contributed by atoms with E-state index >= 15 is 0 Å². The van der Waals surface area contributed by atoms with Crippen molar-refractivity contribution in [1.29, 1.82) is 0 Å². The number of hydrogen-bond donors (Lipinski definition) is 0. The summed E-state index contributed by atoms with van der Waals surface area (Å²) in [4.78, 5) is 2.35. The van der Waals surface area contributed by atoms with Crippen molar-refractivity contribution in [2.75, 3.05) is 4.90 Å². The van der Waals surface area contributed by atoms with Gasteiger partial charge < -0.3 is 13.9 Å². The third-order valence-corrected chi connectivity index (χ3v) is 12.7. The van der Waals surface area contributed by atoms with Crippen LogP contribution in [0, 0.1) is 0 Å². The molecule has 1 aliphatic rings. The van der Waals surface area contributed by atoms with Gasteiger partial charge in [0.25, 0.3) is 0 Å². The maximum absolute atomic E-state index is 6.59. The van der Waals surface area contributed by atoms with E-state index in [1.807, 2.05) is 0 Å². The Labute approximate surface area is 366 Å². The van der Waals surface area contributed by atoms with E-state index in [4.69, 9.17) is 4.42 Å². The SMILES string of the molecule is C1=c2c(oc3ccccc23)=C(n2c3ccccc3c3cc(-c4ccc(N(c5ccc(-c6ccccc6)cc5)c5ccc(-c6ccc(-c7ccccc7)cc6)cc5)cc4)ccc32)CC1. The highest BCUT2D eigenvalue weighted by Gasteiger charge is 2.20. The van der Waals surface area contributed by atoms with E-state index in [9.17, 15) is 0 Å². The number of fused-ring (bicyclic) bond motifs is 6. The molecular weight excluding hydrogens is 765 g/mol. The molecule has 1 aliphatic carbocycles. The molecule has 12 rings (SSSR count). The first-order valence-corrected chi connectivity index (χ1v) is 21.8. The van der Waals surface area contributed by atoms with E-state index < -0.39 is 0 Å². The number of rotatable bonds is 8. The highest BCUT2D eigenvalue weighted by atomic mass is 16.3. The molecule has 2 heterocycles. The van der Waals surface area contributed by atoms with Crippen molar-refractivity contribution >= 4 is 61.6 Å². The number of nitrogens with zero attached hydrogens (tertiary/aromatic N) is 2. The van der Waals surface area contributed by atoms with E-state index in [0.717, 1.165) is 40.9 Å². The van der Waals surface area contributed by atoms with Crippen LogP contribution in [0.25, 0.3) is 89.1 Å². The topological polar surface area (TPSA) is 21.3 Å². The summed E-state index contributed by atoms with van der Waals surface area (Å²) in [5, 5.41) is 4.87. The van der Waals surface area contributed by atoms with Crippen molar-refractivity contribution in [2.45, 2.75) is 12.8 Å². The van der Waals surface area contributed by atoms with E-state index in [-0.39, 0.29) is 0 Å². The number of furan rings is 1. The van der Waals surface area contributed by atoms with Crippen LogP contribution >= 0.6 is 0 Å². The molecule has 0 unspecified atom stereocenters. The Morgan fingerprint density at radius 2 is 0.794 bits per heavy atom. The Kier molecular flexibility index (Phi) is 8.97. The number of para-hydroxylation sites is 2. The van der Waals surface area contributed by atoms with Crippen LogP contribution < -0.4 is 15.5 Å². The average Bonchev–Trinajstić information content (AvgIpc) is 3.91. The van der Waals surface area contributed by atoms with Crippen molar-refractivity contribution in [3.63, 3.8) is 0 Å². The van der Waals surface area contributed by atoms with E-state index in [2.05, 4.69) is 240 Å². The minimum atomic E-state index is 0.917.